The lowest BCUT2D eigenvalue weighted by Gasteiger charge is -2.10. The molecule has 0 aromatic heterocycles. The largest absolute Gasteiger partial charge is 0.391 e. The van der Waals surface area contributed by atoms with Gasteiger partial charge in [0.1, 0.15) is 5.82 Å². The van der Waals surface area contributed by atoms with Crippen LogP contribution in [0.3, 0.4) is 0 Å². The van der Waals surface area contributed by atoms with Crippen molar-refractivity contribution in [3.63, 3.8) is 0 Å². The van der Waals surface area contributed by atoms with E-state index in [9.17, 15) is 9.50 Å². The van der Waals surface area contributed by atoms with Crippen LogP contribution in [0.2, 0.25) is 5.02 Å². The van der Waals surface area contributed by atoms with Crippen molar-refractivity contribution in [3.05, 3.63) is 59.4 Å². The van der Waals surface area contributed by atoms with Crippen LogP contribution in [0, 0.1) is 5.82 Å². The van der Waals surface area contributed by atoms with E-state index in [1.54, 1.807) is 17.8 Å². The molecular weight excluding hydrogens is 315 g/mol. The zero-order valence-corrected chi connectivity index (χ0v) is 13.0. The third-order valence-electron chi connectivity index (χ3n) is 2.48. The van der Waals surface area contributed by atoms with Crippen molar-refractivity contribution in [3.8, 4) is 0 Å². The highest BCUT2D eigenvalue weighted by atomic mass is 35.5. The molecule has 0 heterocycles. The van der Waals surface area contributed by atoms with Crippen LogP contribution in [-0.2, 0) is 0 Å². The summed E-state index contributed by atoms with van der Waals surface area (Å²) in [6.45, 7) is 0. The number of benzene rings is 2. The molecule has 2 aromatic rings. The zero-order chi connectivity index (χ0) is 14.4. The van der Waals surface area contributed by atoms with E-state index in [1.165, 1.54) is 23.9 Å². The third-order valence-corrected chi connectivity index (χ3v) is 4.99. The predicted molar refractivity (Wildman–Crippen MR) is 85.3 cm³/mol. The number of rotatable bonds is 6. The van der Waals surface area contributed by atoms with E-state index in [1.807, 2.05) is 30.3 Å². The standard InChI is InChI=1S/C15H14ClFOS2/c16-11-3-1-5-14(7-11)19-9-13(18)10-20-15-6-2-4-12(17)8-15/h1-8,13,18H,9-10H2. The average Bonchev–Trinajstić information content (AvgIpc) is 2.43. The molecule has 0 saturated carbocycles. The van der Waals surface area contributed by atoms with Gasteiger partial charge in [-0.1, -0.05) is 23.7 Å². The second-order valence-corrected chi connectivity index (χ2v) is 6.81. The Hall–Kier alpha value is -0.680. The molecule has 5 heteroatoms. The van der Waals surface area contributed by atoms with Crippen molar-refractivity contribution >= 4 is 35.1 Å². The quantitative estimate of drug-likeness (QED) is 0.774. The molecular formula is C15H14ClFOS2. The number of hydrogen-bond donors (Lipinski definition) is 1. The molecule has 2 rings (SSSR count). The van der Waals surface area contributed by atoms with E-state index in [4.69, 9.17) is 11.6 Å². The Labute approximate surface area is 131 Å². The first-order valence-corrected chi connectivity index (χ1v) is 8.43. The van der Waals surface area contributed by atoms with Gasteiger partial charge in [-0.3, -0.25) is 0 Å². The molecule has 0 aliphatic heterocycles. The number of thioether (sulfide) groups is 2. The summed E-state index contributed by atoms with van der Waals surface area (Å²) in [6, 6.07) is 13.9. The second-order valence-electron chi connectivity index (χ2n) is 4.19. The van der Waals surface area contributed by atoms with Crippen molar-refractivity contribution < 1.29 is 9.50 Å². The molecule has 106 valence electrons. The van der Waals surface area contributed by atoms with Gasteiger partial charge in [-0.05, 0) is 36.4 Å². The topological polar surface area (TPSA) is 20.2 Å². The maximum atomic E-state index is 13.0. The summed E-state index contributed by atoms with van der Waals surface area (Å²) in [4.78, 5) is 1.86. The summed E-state index contributed by atoms with van der Waals surface area (Å²) in [5, 5.41) is 10.6. The maximum absolute atomic E-state index is 13.0. The molecule has 0 aliphatic carbocycles. The molecule has 1 nitrogen and oxygen atoms in total. The molecule has 0 saturated heterocycles. The summed E-state index contributed by atoms with van der Waals surface area (Å²) < 4.78 is 13.0. The van der Waals surface area contributed by atoms with Crippen LogP contribution < -0.4 is 0 Å². The summed E-state index contributed by atoms with van der Waals surface area (Å²) in [5.74, 6) is 0.873. The van der Waals surface area contributed by atoms with Crippen molar-refractivity contribution in [1.82, 2.24) is 0 Å². The molecule has 1 unspecified atom stereocenters. The van der Waals surface area contributed by atoms with Crippen LogP contribution in [-0.4, -0.2) is 22.7 Å². The normalized spacial score (nSPS) is 12.3. The Morgan fingerprint density at radius 3 is 2.20 bits per heavy atom. The maximum Gasteiger partial charge on any atom is 0.124 e. The van der Waals surface area contributed by atoms with Gasteiger partial charge < -0.3 is 5.11 Å². The van der Waals surface area contributed by atoms with Crippen LogP contribution in [0.1, 0.15) is 0 Å². The molecule has 0 fully saturated rings. The average molecular weight is 329 g/mol. The number of hydrogen-bond acceptors (Lipinski definition) is 3. The van der Waals surface area contributed by atoms with Gasteiger partial charge in [0.2, 0.25) is 0 Å². The monoisotopic (exact) mass is 328 g/mol. The van der Waals surface area contributed by atoms with E-state index in [0.717, 1.165) is 9.79 Å². The molecule has 20 heavy (non-hydrogen) atoms. The minimum atomic E-state index is -0.452. The minimum absolute atomic E-state index is 0.252. The van der Waals surface area contributed by atoms with Crippen LogP contribution in [0.15, 0.2) is 58.3 Å². The van der Waals surface area contributed by atoms with E-state index in [-0.39, 0.29) is 5.82 Å². The smallest absolute Gasteiger partial charge is 0.124 e. The van der Waals surface area contributed by atoms with E-state index >= 15 is 0 Å². The van der Waals surface area contributed by atoms with E-state index in [2.05, 4.69) is 0 Å². The summed E-state index contributed by atoms with van der Waals surface area (Å²) in [6.07, 6.45) is -0.452. The van der Waals surface area contributed by atoms with Gasteiger partial charge in [0.25, 0.3) is 0 Å². The fourth-order valence-electron chi connectivity index (χ4n) is 1.55. The third kappa shape index (κ3) is 5.37. The molecule has 0 spiro atoms. The van der Waals surface area contributed by atoms with Gasteiger partial charge in [-0.15, -0.1) is 23.5 Å². The first-order valence-electron chi connectivity index (χ1n) is 6.08. The Morgan fingerprint density at radius 1 is 1.00 bits per heavy atom. The predicted octanol–water partition coefficient (Wildman–Crippen LogP) is 4.72. The van der Waals surface area contributed by atoms with Crippen molar-refractivity contribution in [2.75, 3.05) is 11.5 Å². The summed E-state index contributed by atoms with van der Waals surface area (Å²) in [5.41, 5.74) is 0. The molecule has 1 atom stereocenters. The Balaban J connectivity index is 1.77. The fourth-order valence-corrected chi connectivity index (χ4v) is 3.71. The van der Waals surface area contributed by atoms with Crippen LogP contribution in [0.25, 0.3) is 0 Å². The van der Waals surface area contributed by atoms with Crippen molar-refractivity contribution in [2.45, 2.75) is 15.9 Å². The molecule has 0 radical (unpaired) electrons. The molecule has 0 amide bonds. The van der Waals surface area contributed by atoms with Gasteiger partial charge in [0.15, 0.2) is 0 Å². The summed E-state index contributed by atoms with van der Waals surface area (Å²) in [7, 11) is 0. The molecule has 0 aliphatic rings. The second kappa shape index (κ2) is 7.93. The van der Waals surface area contributed by atoms with E-state index in [0.29, 0.717) is 16.5 Å². The van der Waals surface area contributed by atoms with Gasteiger partial charge >= 0.3 is 0 Å². The Bertz CT molecular complexity index is 516. The zero-order valence-electron chi connectivity index (χ0n) is 10.6. The van der Waals surface area contributed by atoms with Crippen LogP contribution >= 0.6 is 35.1 Å². The molecule has 2 aromatic carbocycles. The van der Waals surface area contributed by atoms with Crippen LogP contribution in [0.5, 0.6) is 0 Å². The van der Waals surface area contributed by atoms with Crippen LogP contribution in [0.4, 0.5) is 4.39 Å². The lowest BCUT2D eigenvalue weighted by molar-refractivity contribution is 0.225. The highest BCUT2D eigenvalue weighted by molar-refractivity contribution is 8.00. The van der Waals surface area contributed by atoms with Gasteiger partial charge in [0.05, 0.1) is 6.10 Å². The van der Waals surface area contributed by atoms with Crippen molar-refractivity contribution in [1.29, 1.82) is 0 Å². The molecule has 0 bridgehead atoms. The number of aliphatic hydroxyl groups is 1. The highest BCUT2D eigenvalue weighted by Crippen LogP contribution is 2.25. The van der Waals surface area contributed by atoms with Gasteiger partial charge in [-0.2, -0.15) is 0 Å². The first-order chi connectivity index (χ1) is 9.63. The Kier molecular flexibility index (Phi) is 6.23. The van der Waals surface area contributed by atoms with Gasteiger partial charge in [0, 0.05) is 26.3 Å². The number of aliphatic hydroxyl groups excluding tert-OH is 1. The molecule has 1 N–H and O–H groups in total. The summed E-state index contributed by atoms with van der Waals surface area (Å²) >= 11 is 8.91. The van der Waals surface area contributed by atoms with Crippen molar-refractivity contribution in [2.24, 2.45) is 0 Å². The van der Waals surface area contributed by atoms with E-state index < -0.39 is 6.10 Å². The fraction of sp³-hybridized carbons (Fsp3) is 0.200. The first kappa shape index (κ1) is 15.7. The lowest BCUT2D eigenvalue weighted by atomic mass is 10.4. The van der Waals surface area contributed by atoms with Gasteiger partial charge in [-0.25, -0.2) is 4.39 Å². The highest BCUT2D eigenvalue weighted by Gasteiger charge is 2.07. The minimum Gasteiger partial charge on any atom is -0.391 e. The Morgan fingerprint density at radius 2 is 1.60 bits per heavy atom. The number of halogens is 2. The SMILES string of the molecule is OC(CSc1cccc(F)c1)CSc1cccc(Cl)c1. The lowest BCUT2D eigenvalue weighted by Crippen LogP contribution is -2.12.